The van der Waals surface area contributed by atoms with Crippen molar-refractivity contribution in [2.24, 2.45) is 0 Å². The Morgan fingerprint density at radius 2 is 1.81 bits per heavy atom. The van der Waals surface area contributed by atoms with E-state index in [2.05, 4.69) is 5.32 Å². The summed E-state index contributed by atoms with van der Waals surface area (Å²) < 4.78 is 38.5. The monoisotopic (exact) mass is 232 g/mol. The number of nitrogens with zero attached hydrogens (tertiary/aromatic N) is 1. The molecule has 16 heavy (non-hydrogen) atoms. The second-order valence-electron chi connectivity index (χ2n) is 3.19. The van der Waals surface area contributed by atoms with Crippen molar-refractivity contribution >= 4 is 11.7 Å². The number of benzene rings is 1. The van der Waals surface area contributed by atoms with Crippen LogP contribution in [0.4, 0.5) is 23.7 Å². The van der Waals surface area contributed by atoms with Gasteiger partial charge < -0.3 is 10.2 Å². The van der Waals surface area contributed by atoms with Gasteiger partial charge in [-0.25, -0.2) is 18.0 Å². The molecule has 0 radical (unpaired) electrons. The van der Waals surface area contributed by atoms with Crippen LogP contribution in [0.5, 0.6) is 0 Å². The van der Waals surface area contributed by atoms with E-state index >= 15 is 0 Å². The molecule has 6 heteroatoms. The van der Waals surface area contributed by atoms with E-state index in [1.54, 1.807) is 6.92 Å². The molecule has 0 unspecified atom stereocenters. The summed E-state index contributed by atoms with van der Waals surface area (Å²) in [6.07, 6.45) is 0. The first-order valence-corrected chi connectivity index (χ1v) is 4.62. The Kier molecular flexibility index (Phi) is 3.76. The van der Waals surface area contributed by atoms with Crippen LogP contribution in [-0.2, 0) is 0 Å². The van der Waals surface area contributed by atoms with E-state index in [9.17, 15) is 18.0 Å². The standard InChI is InChI=1S/C10H11F3N2O/c1-3-15(2)10(16)14-9-5-7(12)6(11)4-8(9)13/h4-5H,3H2,1-2H3,(H,14,16). The van der Waals surface area contributed by atoms with Gasteiger partial charge in [0.1, 0.15) is 5.82 Å². The quantitative estimate of drug-likeness (QED) is 0.781. The highest BCUT2D eigenvalue weighted by molar-refractivity contribution is 5.89. The first-order valence-electron chi connectivity index (χ1n) is 4.62. The minimum atomic E-state index is -1.29. The molecule has 3 nitrogen and oxygen atoms in total. The lowest BCUT2D eigenvalue weighted by Gasteiger charge is -2.15. The third kappa shape index (κ3) is 2.65. The van der Waals surface area contributed by atoms with Gasteiger partial charge in [-0.05, 0) is 6.92 Å². The number of urea groups is 1. The van der Waals surface area contributed by atoms with Crippen LogP contribution in [0.15, 0.2) is 12.1 Å². The van der Waals surface area contributed by atoms with Crippen molar-refractivity contribution in [2.45, 2.75) is 6.92 Å². The SMILES string of the molecule is CCN(C)C(=O)Nc1cc(F)c(F)cc1F. The highest BCUT2D eigenvalue weighted by Crippen LogP contribution is 2.18. The van der Waals surface area contributed by atoms with Gasteiger partial charge in [-0.15, -0.1) is 0 Å². The Morgan fingerprint density at radius 1 is 1.25 bits per heavy atom. The second kappa shape index (κ2) is 4.87. The van der Waals surface area contributed by atoms with E-state index in [-0.39, 0.29) is 5.69 Å². The maximum atomic E-state index is 13.1. The van der Waals surface area contributed by atoms with Crippen molar-refractivity contribution in [3.8, 4) is 0 Å². The third-order valence-corrected chi connectivity index (χ3v) is 2.07. The summed E-state index contributed by atoms with van der Waals surface area (Å²) in [6.45, 7) is 2.14. The van der Waals surface area contributed by atoms with Crippen molar-refractivity contribution in [3.05, 3.63) is 29.6 Å². The molecule has 0 saturated heterocycles. The second-order valence-corrected chi connectivity index (χ2v) is 3.19. The number of nitrogens with one attached hydrogen (secondary N) is 1. The van der Waals surface area contributed by atoms with Gasteiger partial charge in [-0.1, -0.05) is 0 Å². The fourth-order valence-electron chi connectivity index (χ4n) is 0.973. The Morgan fingerprint density at radius 3 is 2.38 bits per heavy atom. The zero-order valence-electron chi connectivity index (χ0n) is 8.85. The van der Waals surface area contributed by atoms with Gasteiger partial charge in [0.25, 0.3) is 0 Å². The summed E-state index contributed by atoms with van der Waals surface area (Å²) in [5.41, 5.74) is -0.385. The molecule has 2 amide bonds. The molecular weight excluding hydrogens is 221 g/mol. The number of rotatable bonds is 2. The van der Waals surface area contributed by atoms with Crippen molar-refractivity contribution in [2.75, 3.05) is 18.9 Å². The number of hydrogen-bond donors (Lipinski definition) is 1. The summed E-state index contributed by atoms with van der Waals surface area (Å²) in [4.78, 5) is 12.6. The van der Waals surface area contributed by atoms with Crippen molar-refractivity contribution < 1.29 is 18.0 Å². The van der Waals surface area contributed by atoms with Gasteiger partial charge in [0.15, 0.2) is 11.6 Å². The summed E-state index contributed by atoms with van der Waals surface area (Å²) in [5.74, 6) is -3.52. The first kappa shape index (κ1) is 12.4. The van der Waals surface area contributed by atoms with Crippen LogP contribution in [0.25, 0.3) is 0 Å². The van der Waals surface area contributed by atoms with Crippen LogP contribution in [0, 0.1) is 17.5 Å². The Hall–Kier alpha value is -1.72. The minimum Gasteiger partial charge on any atom is -0.328 e. The summed E-state index contributed by atoms with van der Waals surface area (Å²) in [6, 6.07) is 0.399. The molecule has 0 aliphatic rings. The summed E-state index contributed by atoms with van der Waals surface area (Å²) >= 11 is 0. The Labute approximate surface area is 90.9 Å². The van der Waals surface area contributed by atoms with E-state index in [0.29, 0.717) is 18.7 Å². The Bertz CT molecular complexity index is 409. The molecule has 1 aromatic carbocycles. The average molecular weight is 232 g/mol. The zero-order chi connectivity index (χ0) is 12.3. The van der Waals surface area contributed by atoms with Gasteiger partial charge in [-0.2, -0.15) is 0 Å². The molecule has 0 fully saturated rings. The topological polar surface area (TPSA) is 32.3 Å². The van der Waals surface area contributed by atoms with Gasteiger partial charge in [0, 0.05) is 25.7 Å². The van der Waals surface area contributed by atoms with Crippen LogP contribution < -0.4 is 5.32 Å². The van der Waals surface area contributed by atoms with Crippen molar-refractivity contribution in [3.63, 3.8) is 0 Å². The van der Waals surface area contributed by atoms with Gasteiger partial charge in [0.05, 0.1) is 5.69 Å². The maximum Gasteiger partial charge on any atom is 0.321 e. The predicted octanol–water partition coefficient (Wildman–Crippen LogP) is 2.59. The number of hydrogen-bond acceptors (Lipinski definition) is 1. The summed E-state index contributed by atoms with van der Waals surface area (Å²) in [5, 5.41) is 2.13. The molecule has 0 atom stereocenters. The van der Waals surface area contributed by atoms with E-state index < -0.39 is 23.5 Å². The highest BCUT2D eigenvalue weighted by Gasteiger charge is 2.13. The molecule has 0 aromatic heterocycles. The molecule has 1 N–H and O–H groups in total. The number of halogens is 3. The molecular formula is C10H11F3N2O. The van der Waals surface area contributed by atoms with Crippen LogP contribution in [-0.4, -0.2) is 24.5 Å². The highest BCUT2D eigenvalue weighted by atomic mass is 19.2. The Balaban J connectivity index is 2.90. The minimum absolute atomic E-state index is 0.385. The van der Waals surface area contributed by atoms with E-state index in [4.69, 9.17) is 0 Å². The molecule has 1 rings (SSSR count). The molecule has 0 aliphatic heterocycles. The normalized spacial score (nSPS) is 10.1. The third-order valence-electron chi connectivity index (χ3n) is 2.07. The number of carbonyl (C=O) groups is 1. The largest absolute Gasteiger partial charge is 0.328 e. The summed E-state index contributed by atoms with van der Waals surface area (Å²) in [7, 11) is 1.49. The lowest BCUT2D eigenvalue weighted by molar-refractivity contribution is 0.224. The molecule has 88 valence electrons. The van der Waals surface area contributed by atoms with Crippen LogP contribution in [0.2, 0.25) is 0 Å². The van der Waals surface area contributed by atoms with E-state index in [1.165, 1.54) is 11.9 Å². The van der Waals surface area contributed by atoms with Gasteiger partial charge in [0.2, 0.25) is 0 Å². The molecule has 0 aliphatic carbocycles. The molecule has 0 spiro atoms. The maximum absolute atomic E-state index is 13.1. The van der Waals surface area contributed by atoms with E-state index in [0.717, 1.165) is 0 Å². The first-order chi connectivity index (χ1) is 7.45. The molecule has 0 heterocycles. The number of carbonyl (C=O) groups excluding carboxylic acids is 1. The fourth-order valence-corrected chi connectivity index (χ4v) is 0.973. The smallest absolute Gasteiger partial charge is 0.321 e. The number of anilines is 1. The van der Waals surface area contributed by atoms with Crippen molar-refractivity contribution in [1.29, 1.82) is 0 Å². The lowest BCUT2D eigenvalue weighted by atomic mass is 10.3. The predicted molar refractivity (Wildman–Crippen MR) is 53.6 cm³/mol. The van der Waals surface area contributed by atoms with Crippen LogP contribution in [0.1, 0.15) is 6.92 Å². The van der Waals surface area contributed by atoms with E-state index in [1.807, 2.05) is 0 Å². The zero-order valence-corrected chi connectivity index (χ0v) is 8.85. The van der Waals surface area contributed by atoms with Crippen LogP contribution in [0.3, 0.4) is 0 Å². The molecule has 0 saturated carbocycles. The van der Waals surface area contributed by atoms with Crippen LogP contribution >= 0.6 is 0 Å². The average Bonchev–Trinajstić information content (AvgIpc) is 2.24. The van der Waals surface area contributed by atoms with Gasteiger partial charge >= 0.3 is 6.03 Å². The number of amides is 2. The fraction of sp³-hybridized carbons (Fsp3) is 0.300. The van der Waals surface area contributed by atoms with Crippen molar-refractivity contribution in [1.82, 2.24) is 4.90 Å². The molecule has 1 aromatic rings. The van der Waals surface area contributed by atoms with Gasteiger partial charge in [-0.3, -0.25) is 0 Å². The molecule has 0 bridgehead atoms. The lowest BCUT2D eigenvalue weighted by Crippen LogP contribution is -2.31.